The molecule has 0 aromatic heterocycles. The van der Waals surface area contributed by atoms with Crippen molar-refractivity contribution in [2.24, 2.45) is 0 Å². The summed E-state index contributed by atoms with van der Waals surface area (Å²) < 4.78 is 36.4. The van der Waals surface area contributed by atoms with Gasteiger partial charge in [0, 0.05) is 0 Å². The molecule has 0 fully saturated rings. The quantitative estimate of drug-likeness (QED) is 0.316. The molecule has 1 aromatic rings. The van der Waals surface area contributed by atoms with Crippen LogP contribution in [0, 0.1) is 0 Å². The van der Waals surface area contributed by atoms with Crippen molar-refractivity contribution < 1.29 is 32.5 Å². The highest BCUT2D eigenvalue weighted by atomic mass is 31.2. The van der Waals surface area contributed by atoms with Gasteiger partial charge < -0.3 is 19.0 Å². The van der Waals surface area contributed by atoms with E-state index in [-0.39, 0.29) is 6.61 Å². The van der Waals surface area contributed by atoms with Crippen molar-refractivity contribution >= 4 is 22.2 Å². The van der Waals surface area contributed by atoms with Gasteiger partial charge in [-0.2, -0.15) is 0 Å². The van der Waals surface area contributed by atoms with Crippen LogP contribution < -0.4 is 4.74 Å². The van der Waals surface area contributed by atoms with Gasteiger partial charge in [0.05, 0.1) is 6.61 Å². The second kappa shape index (κ2) is 13.0. The number of allylic oxidation sites excluding steroid dienone is 3. The molecule has 0 aliphatic heterocycles. The molecule has 0 saturated heterocycles. The predicted molar refractivity (Wildman–Crippen MR) is 116 cm³/mol. The topological polar surface area (TPSA) is 102 Å². The lowest BCUT2D eigenvalue weighted by Gasteiger charge is -2.07. The maximum Gasteiger partial charge on any atom is 0.476 e. The summed E-state index contributed by atoms with van der Waals surface area (Å²) in [4.78, 5) is 17.1. The van der Waals surface area contributed by atoms with Crippen LogP contribution in [0.5, 0.6) is 5.75 Å². The first-order valence-electron chi connectivity index (χ1n) is 9.16. The molecule has 7 nitrogen and oxygen atoms in total. The van der Waals surface area contributed by atoms with E-state index >= 15 is 0 Å². The second-order valence-electron chi connectivity index (χ2n) is 6.86. The molecule has 1 unspecified atom stereocenters. The zero-order valence-electron chi connectivity index (χ0n) is 17.3. The Morgan fingerprint density at radius 3 is 2.31 bits per heavy atom. The Bertz CT molecular complexity index is 801. The van der Waals surface area contributed by atoms with E-state index in [1.165, 1.54) is 11.1 Å². The summed E-state index contributed by atoms with van der Waals surface area (Å²) >= 11 is 0. The van der Waals surface area contributed by atoms with E-state index in [2.05, 4.69) is 37.2 Å². The summed E-state index contributed by atoms with van der Waals surface area (Å²) in [5.74, 6) is 0.754. The van der Waals surface area contributed by atoms with Crippen LogP contribution in [0.25, 0.3) is 6.08 Å². The first kappa shape index (κ1) is 25.6. The molecule has 0 aliphatic rings. The lowest BCUT2D eigenvalue weighted by molar-refractivity contribution is 0.250. The number of ether oxygens (including phenoxy) is 1. The summed E-state index contributed by atoms with van der Waals surface area (Å²) in [6.07, 6.45) is 8.17. The molecular formula is C20H30O7P2. The smallest absolute Gasteiger partial charge is 0.476 e. The van der Waals surface area contributed by atoms with Crippen LogP contribution >= 0.6 is 16.1 Å². The van der Waals surface area contributed by atoms with Gasteiger partial charge in [0.2, 0.25) is 0 Å². The molecule has 1 aromatic carbocycles. The fraction of sp³-hybridized carbons (Fsp3) is 0.400. The second-order valence-corrected chi connectivity index (χ2v) is 9.36. The third-order valence-electron chi connectivity index (χ3n) is 3.68. The fourth-order valence-corrected chi connectivity index (χ4v) is 3.59. The normalized spacial score (nSPS) is 13.9. The summed E-state index contributed by atoms with van der Waals surface area (Å²) in [6, 6.07) is 7.46. The van der Waals surface area contributed by atoms with E-state index in [0.717, 1.165) is 29.7 Å². The highest BCUT2D eigenvalue weighted by Gasteiger charge is 2.18. The Kier molecular flexibility index (Phi) is 11.4. The molecule has 0 radical (unpaired) electrons. The lowest BCUT2D eigenvalue weighted by Crippen LogP contribution is -1.95. The standard InChI is InChI=1S/C20H30O7P2/c1-16(2)6-5-7-17(3)12-13-25-20-10-8-19(9-11-20)14-18(4)15-26-28(21)27-29(22,23)24/h6,8-12,14,28H,5,7,13,15H2,1-4H3,(H2,22,23,24)/b17-12+,18-14+. The summed E-state index contributed by atoms with van der Waals surface area (Å²) in [7, 11) is -8.06. The molecule has 162 valence electrons. The Morgan fingerprint density at radius 1 is 1.07 bits per heavy atom. The first-order chi connectivity index (χ1) is 13.5. The molecule has 0 saturated carbocycles. The van der Waals surface area contributed by atoms with Crippen LogP contribution in [-0.2, 0) is 18.0 Å². The number of phosphoric acid groups is 1. The van der Waals surface area contributed by atoms with Gasteiger partial charge in [-0.1, -0.05) is 35.4 Å². The monoisotopic (exact) mass is 444 g/mol. The molecule has 1 rings (SSSR count). The predicted octanol–water partition coefficient (Wildman–Crippen LogP) is 5.68. The minimum Gasteiger partial charge on any atom is -0.490 e. The Morgan fingerprint density at radius 2 is 1.72 bits per heavy atom. The molecule has 2 N–H and O–H groups in total. The molecule has 0 spiro atoms. The Labute approximate surface area is 173 Å². The van der Waals surface area contributed by atoms with Gasteiger partial charge in [0.15, 0.2) is 0 Å². The molecule has 1 atom stereocenters. The van der Waals surface area contributed by atoms with Gasteiger partial charge in [-0.3, -0.25) is 4.57 Å². The van der Waals surface area contributed by atoms with E-state index in [1.807, 2.05) is 30.3 Å². The van der Waals surface area contributed by atoms with Crippen LogP contribution in [0.15, 0.2) is 53.1 Å². The van der Waals surface area contributed by atoms with Gasteiger partial charge >= 0.3 is 16.1 Å². The van der Waals surface area contributed by atoms with Gasteiger partial charge in [-0.15, -0.1) is 0 Å². The summed E-state index contributed by atoms with van der Waals surface area (Å²) in [6.45, 7) is 8.49. The molecule has 0 heterocycles. The number of benzene rings is 1. The summed E-state index contributed by atoms with van der Waals surface area (Å²) in [5, 5.41) is 0. The SMILES string of the molecule is CC(C)=CCC/C(C)=C/COc1ccc(/C=C(\C)CO[PH](=O)OP(=O)(O)O)cc1. The largest absolute Gasteiger partial charge is 0.490 e. The molecule has 0 amide bonds. The minimum atomic E-state index is -4.81. The van der Waals surface area contributed by atoms with Crippen molar-refractivity contribution in [3.05, 3.63) is 58.7 Å². The van der Waals surface area contributed by atoms with Gasteiger partial charge in [-0.25, -0.2) is 8.88 Å². The minimum absolute atomic E-state index is 0.0626. The van der Waals surface area contributed by atoms with Crippen molar-refractivity contribution in [1.82, 2.24) is 0 Å². The third kappa shape index (κ3) is 13.4. The van der Waals surface area contributed by atoms with Crippen molar-refractivity contribution in [3.8, 4) is 5.75 Å². The first-order valence-corrected chi connectivity index (χ1v) is 11.9. The Hall–Kier alpha value is -1.46. The highest BCUT2D eigenvalue weighted by Crippen LogP contribution is 2.47. The number of hydrogen-bond donors (Lipinski definition) is 2. The van der Waals surface area contributed by atoms with Crippen molar-refractivity contribution in [1.29, 1.82) is 0 Å². The maximum absolute atomic E-state index is 11.3. The number of rotatable bonds is 12. The van der Waals surface area contributed by atoms with Crippen LogP contribution in [0.1, 0.15) is 46.1 Å². The van der Waals surface area contributed by atoms with E-state index in [1.54, 1.807) is 6.92 Å². The number of hydrogen-bond acceptors (Lipinski definition) is 5. The van der Waals surface area contributed by atoms with Gasteiger partial charge in [-0.05, 0) is 69.9 Å². The van der Waals surface area contributed by atoms with E-state index in [9.17, 15) is 9.13 Å². The van der Waals surface area contributed by atoms with Crippen LogP contribution in [0.2, 0.25) is 0 Å². The van der Waals surface area contributed by atoms with Crippen LogP contribution in [0.4, 0.5) is 0 Å². The molecule has 9 heteroatoms. The highest BCUT2D eigenvalue weighted by molar-refractivity contribution is 7.55. The third-order valence-corrected chi connectivity index (χ3v) is 5.61. The average molecular weight is 444 g/mol. The molecular weight excluding hydrogens is 414 g/mol. The van der Waals surface area contributed by atoms with Crippen LogP contribution in [0.3, 0.4) is 0 Å². The van der Waals surface area contributed by atoms with Crippen molar-refractivity contribution in [2.75, 3.05) is 13.2 Å². The molecule has 0 bridgehead atoms. The van der Waals surface area contributed by atoms with Gasteiger partial charge in [0.1, 0.15) is 12.4 Å². The van der Waals surface area contributed by atoms with Crippen molar-refractivity contribution in [3.63, 3.8) is 0 Å². The van der Waals surface area contributed by atoms with Crippen molar-refractivity contribution in [2.45, 2.75) is 40.5 Å². The zero-order chi connectivity index (χ0) is 21.9. The van der Waals surface area contributed by atoms with E-state index in [4.69, 9.17) is 19.0 Å². The van der Waals surface area contributed by atoms with E-state index in [0.29, 0.717) is 6.61 Å². The molecule has 0 aliphatic carbocycles. The maximum atomic E-state index is 11.3. The Balaban J connectivity index is 2.46. The van der Waals surface area contributed by atoms with Crippen LogP contribution in [-0.4, -0.2) is 23.0 Å². The molecule has 29 heavy (non-hydrogen) atoms. The van der Waals surface area contributed by atoms with Gasteiger partial charge in [0.25, 0.3) is 0 Å². The summed E-state index contributed by atoms with van der Waals surface area (Å²) in [5.41, 5.74) is 4.23. The average Bonchev–Trinajstić information content (AvgIpc) is 2.60. The fourth-order valence-electron chi connectivity index (χ4n) is 2.25. The zero-order valence-corrected chi connectivity index (χ0v) is 19.1. The lowest BCUT2D eigenvalue weighted by atomic mass is 10.1. The van der Waals surface area contributed by atoms with E-state index < -0.39 is 16.1 Å².